The molecule has 1 nitrogen and oxygen atoms in total. The van der Waals surface area contributed by atoms with Gasteiger partial charge in [0.1, 0.15) is 0 Å². The molecule has 1 N–H and O–H groups in total. The van der Waals surface area contributed by atoms with Crippen LogP contribution in [0.1, 0.15) is 33.6 Å². The van der Waals surface area contributed by atoms with E-state index in [2.05, 4.69) is 19.2 Å². The Morgan fingerprint density at radius 2 is 1.79 bits per heavy atom. The first-order chi connectivity index (χ1) is 6.51. The maximum atomic E-state index is 12.2. The lowest BCUT2D eigenvalue weighted by molar-refractivity contribution is 0.105. The van der Waals surface area contributed by atoms with E-state index in [1.807, 2.05) is 6.26 Å². The van der Waals surface area contributed by atoms with Gasteiger partial charge in [0.2, 0.25) is 0 Å². The Morgan fingerprint density at radius 3 is 2.07 bits per heavy atom. The summed E-state index contributed by atoms with van der Waals surface area (Å²) in [6, 6.07) is -0.709. The summed E-state index contributed by atoms with van der Waals surface area (Å²) in [6.07, 6.45) is 1.78. The molecule has 0 bridgehead atoms. The third-order valence-electron chi connectivity index (χ3n) is 2.85. The highest BCUT2D eigenvalue weighted by Gasteiger charge is 2.26. The van der Waals surface area contributed by atoms with Crippen LogP contribution in [0.2, 0.25) is 0 Å². The highest BCUT2D eigenvalue weighted by Crippen LogP contribution is 2.29. The zero-order valence-corrected chi connectivity index (χ0v) is 10.3. The summed E-state index contributed by atoms with van der Waals surface area (Å²) in [6.45, 7) is 6.40. The first-order valence-electron chi connectivity index (χ1n) is 5.08. The molecule has 0 rings (SSSR count). The summed E-state index contributed by atoms with van der Waals surface area (Å²) < 4.78 is 24.6. The van der Waals surface area contributed by atoms with Gasteiger partial charge >= 0.3 is 0 Å². The van der Waals surface area contributed by atoms with Crippen LogP contribution in [0.3, 0.4) is 0 Å². The van der Waals surface area contributed by atoms with E-state index < -0.39 is 12.5 Å². The molecule has 14 heavy (non-hydrogen) atoms. The quantitative estimate of drug-likeness (QED) is 0.714. The van der Waals surface area contributed by atoms with Gasteiger partial charge in [-0.15, -0.1) is 0 Å². The van der Waals surface area contributed by atoms with Crippen LogP contribution >= 0.6 is 11.8 Å². The van der Waals surface area contributed by atoms with Crippen LogP contribution in [0.15, 0.2) is 0 Å². The lowest BCUT2D eigenvalue weighted by Gasteiger charge is -2.31. The van der Waals surface area contributed by atoms with Crippen molar-refractivity contribution in [2.24, 2.45) is 0 Å². The van der Waals surface area contributed by atoms with Crippen molar-refractivity contribution in [3.05, 3.63) is 0 Å². The van der Waals surface area contributed by atoms with E-state index in [0.29, 0.717) is 6.54 Å². The predicted molar refractivity (Wildman–Crippen MR) is 60.3 cm³/mol. The van der Waals surface area contributed by atoms with Crippen molar-refractivity contribution in [1.29, 1.82) is 0 Å². The predicted octanol–water partition coefficient (Wildman–Crippen LogP) is 3.15. The number of halogens is 2. The van der Waals surface area contributed by atoms with E-state index in [1.165, 1.54) is 6.92 Å². The molecule has 0 fully saturated rings. The standard InChI is InChI=1S/C10H21F2NS/c1-5-10(6-2,14-4)7-13-8(3)9(11)12/h8-9,13H,5-7H2,1-4H3. The molecule has 0 aromatic rings. The molecule has 0 aliphatic heterocycles. The van der Waals surface area contributed by atoms with Crippen molar-refractivity contribution >= 4 is 11.8 Å². The molecule has 0 saturated carbocycles. The molecular weight excluding hydrogens is 204 g/mol. The Morgan fingerprint density at radius 1 is 1.29 bits per heavy atom. The molecule has 0 aromatic heterocycles. The first kappa shape index (κ1) is 14.2. The SMILES string of the molecule is CCC(CC)(CNC(C)C(F)F)SC. The summed E-state index contributed by atoms with van der Waals surface area (Å²) in [5, 5.41) is 2.90. The van der Waals surface area contributed by atoms with E-state index in [1.54, 1.807) is 11.8 Å². The van der Waals surface area contributed by atoms with Crippen LogP contribution in [0.4, 0.5) is 8.78 Å². The van der Waals surface area contributed by atoms with E-state index in [-0.39, 0.29) is 4.75 Å². The third kappa shape index (κ3) is 4.13. The second-order valence-corrected chi connectivity index (χ2v) is 4.87. The summed E-state index contributed by atoms with van der Waals surface area (Å²) in [5.41, 5.74) is 0. The van der Waals surface area contributed by atoms with Crippen molar-refractivity contribution in [2.45, 2.75) is 50.8 Å². The van der Waals surface area contributed by atoms with E-state index in [4.69, 9.17) is 0 Å². The number of nitrogens with one attached hydrogen (secondary N) is 1. The molecule has 0 saturated heterocycles. The Bertz CT molecular complexity index is 141. The summed E-state index contributed by atoms with van der Waals surface area (Å²) >= 11 is 1.76. The fourth-order valence-corrected chi connectivity index (χ4v) is 2.10. The van der Waals surface area contributed by atoms with Gasteiger partial charge in [0.25, 0.3) is 6.43 Å². The number of hydrogen-bond donors (Lipinski definition) is 1. The number of rotatable bonds is 7. The Hall–Kier alpha value is 0.170. The van der Waals surface area contributed by atoms with Crippen LogP contribution in [0, 0.1) is 0 Å². The molecule has 1 atom stereocenters. The second kappa shape index (κ2) is 6.62. The highest BCUT2D eigenvalue weighted by molar-refractivity contribution is 8.00. The highest BCUT2D eigenvalue weighted by atomic mass is 32.2. The van der Waals surface area contributed by atoms with Gasteiger partial charge < -0.3 is 5.32 Å². The van der Waals surface area contributed by atoms with E-state index in [9.17, 15) is 8.78 Å². The van der Waals surface area contributed by atoms with Crippen molar-refractivity contribution in [1.82, 2.24) is 5.32 Å². The molecule has 4 heteroatoms. The molecule has 86 valence electrons. The van der Waals surface area contributed by atoms with Gasteiger partial charge in [-0.05, 0) is 26.0 Å². The molecule has 0 amide bonds. The van der Waals surface area contributed by atoms with Crippen molar-refractivity contribution < 1.29 is 8.78 Å². The van der Waals surface area contributed by atoms with Gasteiger partial charge in [0, 0.05) is 11.3 Å². The smallest absolute Gasteiger partial charge is 0.253 e. The number of hydrogen-bond acceptors (Lipinski definition) is 2. The number of alkyl halides is 2. The third-order valence-corrected chi connectivity index (χ3v) is 4.43. The van der Waals surface area contributed by atoms with Gasteiger partial charge in [0.05, 0.1) is 6.04 Å². The monoisotopic (exact) mass is 225 g/mol. The summed E-state index contributed by atoms with van der Waals surface area (Å²) in [4.78, 5) is 0. The van der Waals surface area contributed by atoms with Crippen molar-refractivity contribution in [3.8, 4) is 0 Å². The summed E-state index contributed by atoms with van der Waals surface area (Å²) in [7, 11) is 0. The fraction of sp³-hybridized carbons (Fsp3) is 1.00. The van der Waals surface area contributed by atoms with Crippen LogP contribution in [-0.2, 0) is 0 Å². The molecule has 0 aliphatic rings. The largest absolute Gasteiger partial charge is 0.308 e. The average molecular weight is 225 g/mol. The van der Waals surface area contributed by atoms with Crippen molar-refractivity contribution in [3.63, 3.8) is 0 Å². The molecular formula is C10H21F2NS. The van der Waals surface area contributed by atoms with E-state index in [0.717, 1.165) is 12.8 Å². The minimum Gasteiger partial charge on any atom is -0.308 e. The summed E-state index contributed by atoms with van der Waals surface area (Å²) in [5.74, 6) is 0. The maximum absolute atomic E-state index is 12.2. The molecule has 0 radical (unpaired) electrons. The minimum atomic E-state index is -2.27. The molecule has 0 heterocycles. The number of thioether (sulfide) groups is 1. The normalized spacial score (nSPS) is 14.8. The first-order valence-corrected chi connectivity index (χ1v) is 6.30. The van der Waals surface area contributed by atoms with Gasteiger partial charge in [-0.3, -0.25) is 0 Å². The molecule has 0 spiro atoms. The minimum absolute atomic E-state index is 0.114. The molecule has 0 aliphatic carbocycles. The zero-order valence-electron chi connectivity index (χ0n) is 9.44. The van der Waals surface area contributed by atoms with Crippen molar-refractivity contribution in [2.75, 3.05) is 12.8 Å². The maximum Gasteiger partial charge on any atom is 0.253 e. The average Bonchev–Trinajstić information content (AvgIpc) is 2.20. The zero-order chi connectivity index (χ0) is 11.2. The van der Waals surface area contributed by atoms with Gasteiger partial charge in [-0.2, -0.15) is 11.8 Å². The van der Waals surface area contributed by atoms with Gasteiger partial charge in [-0.25, -0.2) is 8.78 Å². The van der Waals surface area contributed by atoms with Crippen LogP contribution in [-0.4, -0.2) is 30.0 Å². The van der Waals surface area contributed by atoms with Gasteiger partial charge in [-0.1, -0.05) is 13.8 Å². The Kier molecular flexibility index (Phi) is 6.70. The second-order valence-electron chi connectivity index (χ2n) is 3.60. The Balaban J connectivity index is 4.05. The lowest BCUT2D eigenvalue weighted by Crippen LogP contribution is -2.43. The molecule has 0 aromatic carbocycles. The van der Waals surface area contributed by atoms with Crippen LogP contribution in [0.25, 0.3) is 0 Å². The van der Waals surface area contributed by atoms with Crippen LogP contribution in [0.5, 0.6) is 0 Å². The molecule has 1 unspecified atom stereocenters. The topological polar surface area (TPSA) is 12.0 Å². The van der Waals surface area contributed by atoms with Crippen LogP contribution < -0.4 is 5.32 Å². The van der Waals surface area contributed by atoms with Gasteiger partial charge in [0.15, 0.2) is 0 Å². The van der Waals surface area contributed by atoms with E-state index >= 15 is 0 Å². The Labute approximate surface area is 90.0 Å². The lowest BCUT2D eigenvalue weighted by atomic mass is 10.0. The fourth-order valence-electron chi connectivity index (χ4n) is 1.30.